The smallest absolute Gasteiger partial charge is 0.310 e. The van der Waals surface area contributed by atoms with E-state index in [0.29, 0.717) is 31.6 Å². The highest BCUT2D eigenvalue weighted by Gasteiger charge is 2.61. The van der Waals surface area contributed by atoms with Crippen LogP contribution in [0.1, 0.15) is 117 Å². The molecule has 0 saturated heterocycles. The summed E-state index contributed by atoms with van der Waals surface area (Å²) in [5.41, 5.74) is -2.17. The monoisotopic (exact) mass is 382 g/mol. The summed E-state index contributed by atoms with van der Waals surface area (Å²) in [4.78, 5) is 24.9. The molecule has 0 aromatic carbocycles. The van der Waals surface area contributed by atoms with Crippen LogP contribution < -0.4 is 0 Å². The molecular weight excluding hydrogens is 340 g/mol. The van der Waals surface area contributed by atoms with Crippen molar-refractivity contribution in [2.75, 3.05) is 0 Å². The molecule has 1 fully saturated rings. The molecule has 2 unspecified atom stereocenters. The minimum Gasteiger partial charge on any atom is -0.481 e. The van der Waals surface area contributed by atoms with E-state index in [4.69, 9.17) is 0 Å². The summed E-state index contributed by atoms with van der Waals surface area (Å²) < 4.78 is 0. The molecule has 2 atom stereocenters. The van der Waals surface area contributed by atoms with Crippen molar-refractivity contribution in [3.8, 4) is 0 Å². The zero-order chi connectivity index (χ0) is 20.3. The summed E-state index contributed by atoms with van der Waals surface area (Å²) in [5, 5.41) is 20.4. The van der Waals surface area contributed by atoms with E-state index in [-0.39, 0.29) is 0 Å². The Balaban J connectivity index is 2.85. The van der Waals surface area contributed by atoms with Gasteiger partial charge in [0, 0.05) is 0 Å². The van der Waals surface area contributed by atoms with Crippen LogP contribution >= 0.6 is 0 Å². The summed E-state index contributed by atoms with van der Waals surface area (Å²) in [7, 11) is 0. The van der Waals surface area contributed by atoms with Gasteiger partial charge < -0.3 is 10.2 Å². The fourth-order valence-corrected chi connectivity index (χ4v) is 5.09. The van der Waals surface area contributed by atoms with Gasteiger partial charge in [0.2, 0.25) is 0 Å². The predicted octanol–water partition coefficient (Wildman–Crippen LogP) is 6.67. The third-order valence-electron chi connectivity index (χ3n) is 6.78. The van der Waals surface area contributed by atoms with Crippen LogP contribution in [0.5, 0.6) is 0 Å². The highest BCUT2D eigenvalue weighted by atomic mass is 16.4. The molecular formula is C23H42O4. The van der Waals surface area contributed by atoms with E-state index >= 15 is 0 Å². The minimum absolute atomic E-state index is 0.503. The number of hydrogen-bond donors (Lipinski definition) is 2. The van der Waals surface area contributed by atoms with Crippen molar-refractivity contribution in [1.29, 1.82) is 0 Å². The molecule has 0 aromatic rings. The number of aliphatic carboxylic acids is 2. The summed E-state index contributed by atoms with van der Waals surface area (Å²) >= 11 is 0. The summed E-state index contributed by atoms with van der Waals surface area (Å²) in [6.07, 6.45) is 13.4. The number of carbonyl (C=O) groups is 2. The quantitative estimate of drug-likeness (QED) is 0.329. The van der Waals surface area contributed by atoms with Crippen molar-refractivity contribution in [3.63, 3.8) is 0 Å². The third-order valence-corrected chi connectivity index (χ3v) is 6.78. The minimum atomic E-state index is -1.09. The third kappa shape index (κ3) is 6.22. The molecule has 1 rings (SSSR count). The van der Waals surface area contributed by atoms with Gasteiger partial charge in [0.05, 0.1) is 10.8 Å². The summed E-state index contributed by atoms with van der Waals surface area (Å²) in [6, 6.07) is 0. The molecule has 4 heteroatoms. The molecule has 0 amide bonds. The summed E-state index contributed by atoms with van der Waals surface area (Å²) in [5.74, 6) is -1.24. The number of carboxylic acid groups (broad SMARTS) is 2. The molecule has 0 aliphatic heterocycles. The molecule has 1 saturated carbocycles. The van der Waals surface area contributed by atoms with Gasteiger partial charge in [0.1, 0.15) is 0 Å². The van der Waals surface area contributed by atoms with Gasteiger partial charge in [-0.05, 0) is 31.6 Å². The molecule has 0 spiro atoms. The SMILES string of the molecule is CCCCCCCCCC1(C(=O)O)CCCCC1(CCCC(C)C)C(=O)O. The standard InChI is InChI=1S/C23H42O4/c1-4-5-6-7-8-9-10-15-22(20(24)25)16-11-12-17-23(22,21(26)27)18-13-14-19(2)3/h19H,4-18H2,1-3H3,(H,24,25)(H,26,27). The van der Waals surface area contributed by atoms with Gasteiger partial charge in [-0.2, -0.15) is 0 Å². The molecule has 27 heavy (non-hydrogen) atoms. The molecule has 0 aromatic heterocycles. The Kier molecular flexibility index (Phi) is 10.4. The molecule has 0 radical (unpaired) electrons. The van der Waals surface area contributed by atoms with E-state index in [1.165, 1.54) is 25.7 Å². The van der Waals surface area contributed by atoms with Crippen molar-refractivity contribution >= 4 is 11.9 Å². The van der Waals surface area contributed by atoms with Crippen molar-refractivity contribution in [2.24, 2.45) is 16.7 Å². The lowest BCUT2D eigenvalue weighted by Crippen LogP contribution is -2.54. The Morgan fingerprint density at radius 1 is 0.778 bits per heavy atom. The van der Waals surface area contributed by atoms with E-state index in [9.17, 15) is 19.8 Å². The van der Waals surface area contributed by atoms with Crippen LogP contribution in [-0.2, 0) is 9.59 Å². The van der Waals surface area contributed by atoms with Crippen LogP contribution in [0.15, 0.2) is 0 Å². The molecule has 1 aliphatic carbocycles. The van der Waals surface area contributed by atoms with Crippen molar-refractivity contribution in [1.82, 2.24) is 0 Å². The molecule has 0 bridgehead atoms. The lowest BCUT2D eigenvalue weighted by molar-refractivity contribution is -0.182. The normalized spacial score (nSPS) is 25.6. The molecule has 158 valence electrons. The lowest BCUT2D eigenvalue weighted by atomic mass is 9.52. The molecule has 1 aliphatic rings. The fourth-order valence-electron chi connectivity index (χ4n) is 5.09. The van der Waals surface area contributed by atoms with Gasteiger partial charge in [0.15, 0.2) is 0 Å². The van der Waals surface area contributed by atoms with E-state index in [2.05, 4.69) is 20.8 Å². The predicted molar refractivity (Wildman–Crippen MR) is 110 cm³/mol. The Labute approximate surface area is 166 Å². The van der Waals surface area contributed by atoms with Crippen molar-refractivity contribution in [2.45, 2.75) is 117 Å². The van der Waals surface area contributed by atoms with Gasteiger partial charge >= 0.3 is 11.9 Å². The fraction of sp³-hybridized carbons (Fsp3) is 0.913. The van der Waals surface area contributed by atoms with Crippen LogP contribution in [0.4, 0.5) is 0 Å². The first-order valence-electron chi connectivity index (χ1n) is 11.3. The second-order valence-electron chi connectivity index (χ2n) is 9.14. The average molecular weight is 383 g/mol. The Morgan fingerprint density at radius 2 is 1.22 bits per heavy atom. The maximum absolute atomic E-state index is 12.4. The lowest BCUT2D eigenvalue weighted by Gasteiger charge is -2.49. The van der Waals surface area contributed by atoms with Gasteiger partial charge in [0.25, 0.3) is 0 Å². The Morgan fingerprint density at radius 3 is 1.67 bits per heavy atom. The number of hydrogen-bond acceptors (Lipinski definition) is 2. The number of rotatable bonds is 14. The van der Waals surface area contributed by atoms with Crippen molar-refractivity contribution in [3.05, 3.63) is 0 Å². The molecule has 4 nitrogen and oxygen atoms in total. The topological polar surface area (TPSA) is 74.6 Å². The number of unbranched alkanes of at least 4 members (excludes halogenated alkanes) is 6. The van der Waals surface area contributed by atoms with E-state index < -0.39 is 22.8 Å². The highest BCUT2D eigenvalue weighted by Crippen LogP contribution is 2.57. The van der Waals surface area contributed by atoms with Crippen LogP contribution in [0, 0.1) is 16.7 Å². The van der Waals surface area contributed by atoms with Gasteiger partial charge in [-0.1, -0.05) is 91.4 Å². The maximum atomic E-state index is 12.4. The zero-order valence-corrected chi connectivity index (χ0v) is 17.9. The Hall–Kier alpha value is -1.06. The van der Waals surface area contributed by atoms with Gasteiger partial charge in [-0.15, -0.1) is 0 Å². The van der Waals surface area contributed by atoms with Gasteiger partial charge in [-0.25, -0.2) is 0 Å². The van der Waals surface area contributed by atoms with Crippen LogP contribution in [0.25, 0.3) is 0 Å². The van der Waals surface area contributed by atoms with E-state index in [0.717, 1.165) is 44.9 Å². The first-order valence-corrected chi connectivity index (χ1v) is 11.3. The van der Waals surface area contributed by atoms with Crippen LogP contribution in [0.3, 0.4) is 0 Å². The second kappa shape index (κ2) is 11.7. The summed E-state index contributed by atoms with van der Waals surface area (Å²) in [6.45, 7) is 6.47. The van der Waals surface area contributed by atoms with Crippen LogP contribution in [0.2, 0.25) is 0 Å². The highest BCUT2D eigenvalue weighted by molar-refractivity contribution is 5.87. The average Bonchev–Trinajstić information content (AvgIpc) is 2.61. The largest absolute Gasteiger partial charge is 0.481 e. The molecule has 0 heterocycles. The van der Waals surface area contributed by atoms with Gasteiger partial charge in [-0.3, -0.25) is 9.59 Å². The number of carboxylic acids is 2. The first-order chi connectivity index (χ1) is 12.8. The van der Waals surface area contributed by atoms with Crippen LogP contribution in [-0.4, -0.2) is 22.2 Å². The maximum Gasteiger partial charge on any atom is 0.310 e. The van der Waals surface area contributed by atoms with Crippen molar-refractivity contribution < 1.29 is 19.8 Å². The Bertz CT molecular complexity index is 459. The van der Waals surface area contributed by atoms with E-state index in [1.807, 2.05) is 0 Å². The second-order valence-corrected chi connectivity index (χ2v) is 9.14. The zero-order valence-electron chi connectivity index (χ0n) is 17.9. The molecule has 2 N–H and O–H groups in total. The first kappa shape index (κ1) is 24.0. The van der Waals surface area contributed by atoms with E-state index in [1.54, 1.807) is 0 Å².